The quantitative estimate of drug-likeness (QED) is 0.163. The summed E-state index contributed by atoms with van der Waals surface area (Å²) >= 11 is 0. The van der Waals surface area contributed by atoms with Crippen LogP contribution in [0.1, 0.15) is 22.3 Å². The van der Waals surface area contributed by atoms with Crippen molar-refractivity contribution in [1.82, 2.24) is 4.90 Å². The Bertz CT molecular complexity index is 1590. The van der Waals surface area contributed by atoms with Gasteiger partial charge in [-0.25, -0.2) is 0 Å². The highest BCUT2D eigenvalue weighted by Crippen LogP contribution is 2.53. The molecule has 0 radical (unpaired) electrons. The SMILES string of the molecule is CN(C)c1cc(-c2ccc(OC(O)(O)O)cc2)c(O)c2c1C[C@@H]1C[C@@H]3[C@@H](N(C)C)C(=O)C(C(N)=O)C(=O)[C@]3(O)C(=O)C1C2=O. The molecule has 3 aliphatic carbocycles. The van der Waals surface area contributed by atoms with Crippen LogP contribution in [0.15, 0.2) is 30.3 Å². The molecule has 6 atom stereocenters. The number of nitrogens with two attached hydrogens (primary N) is 1. The molecule has 2 saturated carbocycles. The van der Waals surface area contributed by atoms with Crippen LogP contribution in [0.5, 0.6) is 11.5 Å². The van der Waals surface area contributed by atoms with E-state index in [1.54, 1.807) is 25.1 Å². The van der Waals surface area contributed by atoms with Crippen LogP contribution in [0.3, 0.4) is 0 Å². The van der Waals surface area contributed by atoms with Gasteiger partial charge in [-0.05, 0) is 62.2 Å². The molecule has 1 amide bonds. The first-order valence-corrected chi connectivity index (χ1v) is 13.8. The molecule has 0 heterocycles. The molecule has 2 aromatic rings. The molecule has 2 fully saturated rings. The fourth-order valence-corrected chi connectivity index (χ4v) is 7.13. The predicted molar refractivity (Wildman–Crippen MR) is 151 cm³/mol. The van der Waals surface area contributed by atoms with E-state index in [1.807, 2.05) is 0 Å². The number of fused-ring (bicyclic) bond motifs is 3. The fraction of sp³-hybridized carbons (Fsp3) is 0.433. The number of hydrogen-bond acceptors (Lipinski definition) is 13. The second-order valence-electron chi connectivity index (χ2n) is 12.0. The summed E-state index contributed by atoms with van der Waals surface area (Å²) in [5.41, 5.74) is 3.89. The van der Waals surface area contributed by atoms with Crippen LogP contribution >= 0.6 is 0 Å². The van der Waals surface area contributed by atoms with Gasteiger partial charge >= 0.3 is 6.16 Å². The average Bonchev–Trinajstić information content (AvgIpc) is 2.90. The Morgan fingerprint density at radius 3 is 2.16 bits per heavy atom. The van der Waals surface area contributed by atoms with Gasteiger partial charge < -0.3 is 40.9 Å². The number of primary amides is 1. The third-order valence-electron chi connectivity index (χ3n) is 8.94. The molecule has 0 spiro atoms. The molecule has 5 rings (SSSR count). The van der Waals surface area contributed by atoms with Crippen molar-refractivity contribution in [2.24, 2.45) is 29.4 Å². The second kappa shape index (κ2) is 10.5. The number of aliphatic hydroxyl groups is 4. The van der Waals surface area contributed by atoms with Gasteiger partial charge in [0.15, 0.2) is 34.7 Å². The molecule has 44 heavy (non-hydrogen) atoms. The third kappa shape index (κ3) is 4.66. The van der Waals surface area contributed by atoms with Crippen LogP contribution in [-0.2, 0) is 25.6 Å². The number of aromatic hydroxyl groups is 1. The van der Waals surface area contributed by atoms with E-state index in [0.717, 1.165) is 0 Å². The Kier molecular flexibility index (Phi) is 7.42. The lowest BCUT2D eigenvalue weighted by Gasteiger charge is -2.52. The van der Waals surface area contributed by atoms with E-state index in [1.165, 1.54) is 43.3 Å². The van der Waals surface area contributed by atoms with Crippen molar-refractivity contribution < 1.29 is 54.2 Å². The number of Topliss-reactive ketones (excluding diaryl/α,β-unsaturated/α-hetero) is 4. The maximum atomic E-state index is 14.2. The Morgan fingerprint density at radius 2 is 1.64 bits per heavy atom. The minimum Gasteiger partial charge on any atom is -0.507 e. The summed E-state index contributed by atoms with van der Waals surface area (Å²) in [5, 5.41) is 50.5. The molecule has 2 aromatic carbocycles. The fourth-order valence-electron chi connectivity index (χ4n) is 7.13. The number of ether oxygens (including phenoxy) is 1. The van der Waals surface area contributed by atoms with Crippen molar-refractivity contribution in [3.05, 3.63) is 41.5 Å². The molecular formula is C30H33N3O11. The van der Waals surface area contributed by atoms with E-state index in [-0.39, 0.29) is 29.7 Å². The first-order valence-electron chi connectivity index (χ1n) is 13.8. The molecular weight excluding hydrogens is 578 g/mol. The van der Waals surface area contributed by atoms with Crippen LogP contribution in [0.2, 0.25) is 0 Å². The van der Waals surface area contributed by atoms with E-state index < -0.39 is 76.3 Å². The number of nitrogens with zero attached hydrogens (tertiary/aromatic N) is 2. The first-order chi connectivity index (χ1) is 20.4. The third-order valence-corrected chi connectivity index (χ3v) is 8.94. The number of likely N-dealkylation sites (N-methyl/N-ethyl adjacent to an activating group) is 1. The molecule has 234 valence electrons. The van der Waals surface area contributed by atoms with Crippen molar-refractivity contribution >= 4 is 34.7 Å². The number of benzene rings is 2. The summed E-state index contributed by atoms with van der Waals surface area (Å²) in [6, 6.07) is 5.87. The highest BCUT2D eigenvalue weighted by Gasteiger charge is 2.69. The lowest BCUT2D eigenvalue weighted by atomic mass is 9.52. The number of anilines is 1. The minimum absolute atomic E-state index is 0.0667. The first kappa shape index (κ1) is 31.2. The van der Waals surface area contributed by atoms with E-state index in [9.17, 15) is 34.2 Å². The summed E-state index contributed by atoms with van der Waals surface area (Å²) in [4.78, 5) is 70.3. The summed E-state index contributed by atoms with van der Waals surface area (Å²) < 4.78 is 4.58. The van der Waals surface area contributed by atoms with E-state index in [0.29, 0.717) is 16.8 Å². The van der Waals surface area contributed by atoms with Crippen molar-refractivity contribution in [3.8, 4) is 22.6 Å². The van der Waals surface area contributed by atoms with Crippen LogP contribution < -0.4 is 15.4 Å². The van der Waals surface area contributed by atoms with Gasteiger partial charge in [-0.1, -0.05) is 12.1 Å². The van der Waals surface area contributed by atoms with Crippen LogP contribution in [0.4, 0.5) is 5.69 Å². The maximum Gasteiger partial charge on any atom is 0.453 e. The number of ketones is 4. The summed E-state index contributed by atoms with van der Waals surface area (Å²) in [6.45, 7) is 0. The smallest absolute Gasteiger partial charge is 0.453 e. The van der Waals surface area contributed by atoms with Crippen LogP contribution in [0.25, 0.3) is 11.1 Å². The number of amides is 1. The predicted octanol–water partition coefficient (Wildman–Crippen LogP) is -1.43. The van der Waals surface area contributed by atoms with Crippen molar-refractivity contribution in [2.75, 3.05) is 33.1 Å². The van der Waals surface area contributed by atoms with Crippen LogP contribution in [-0.4, -0.2) is 105 Å². The van der Waals surface area contributed by atoms with Gasteiger partial charge in [0.05, 0.1) is 17.5 Å². The van der Waals surface area contributed by atoms with E-state index in [2.05, 4.69) is 4.74 Å². The maximum absolute atomic E-state index is 14.2. The molecule has 0 aliphatic heterocycles. The molecule has 14 nitrogen and oxygen atoms in total. The van der Waals surface area contributed by atoms with Gasteiger partial charge in [0.1, 0.15) is 11.5 Å². The van der Waals surface area contributed by atoms with Crippen molar-refractivity contribution in [3.63, 3.8) is 0 Å². The molecule has 7 N–H and O–H groups in total. The van der Waals surface area contributed by atoms with Gasteiger partial charge in [0.25, 0.3) is 0 Å². The summed E-state index contributed by atoms with van der Waals surface area (Å²) in [6.07, 6.45) is -3.38. The molecule has 0 saturated heterocycles. The number of hydrogen-bond donors (Lipinski definition) is 6. The second-order valence-corrected chi connectivity index (χ2v) is 12.0. The monoisotopic (exact) mass is 611 g/mol. The standard InChI is InChI=1S/C30H33N3O11/c1-32(2)18-11-15(12-5-7-14(8-6-12)44-30(41,42)43)23(34)20-16(18)9-13-10-17-22(33(3)4)25(36)21(28(31)39)27(38)29(17,40)26(37)19(13)24(20)35/h5-8,11,13,17,19,21-22,34,40-43H,9-10H2,1-4H3,(H2,31,39)/t13-,17-,19?,21?,22-,29-/m1/s1. The average molecular weight is 612 g/mol. The van der Waals surface area contributed by atoms with E-state index >= 15 is 0 Å². The van der Waals surface area contributed by atoms with Gasteiger partial charge in [0, 0.05) is 31.3 Å². The molecule has 0 aromatic heterocycles. The summed E-state index contributed by atoms with van der Waals surface area (Å²) in [5.74, 6) is -11.6. The highest BCUT2D eigenvalue weighted by atomic mass is 16.9. The van der Waals surface area contributed by atoms with Crippen LogP contribution in [0, 0.1) is 23.7 Å². The van der Waals surface area contributed by atoms with E-state index in [4.69, 9.17) is 21.1 Å². The topological polar surface area (TPSA) is 228 Å². The lowest BCUT2D eigenvalue weighted by molar-refractivity contribution is -0.419. The lowest BCUT2D eigenvalue weighted by Crippen LogP contribution is -2.74. The molecule has 3 aliphatic rings. The number of phenolic OH excluding ortho intramolecular Hbond substituents is 1. The number of rotatable bonds is 6. The van der Waals surface area contributed by atoms with Crippen molar-refractivity contribution in [2.45, 2.75) is 30.6 Å². The van der Waals surface area contributed by atoms with Gasteiger partial charge in [-0.2, -0.15) is 0 Å². The Hall–Kier alpha value is -4.21. The zero-order chi connectivity index (χ0) is 32.6. The highest BCUT2D eigenvalue weighted by molar-refractivity contribution is 6.32. The summed E-state index contributed by atoms with van der Waals surface area (Å²) in [7, 11) is 6.49. The minimum atomic E-state index is -3.41. The normalized spacial score (nSPS) is 28.3. The number of carbonyl (C=O) groups is 5. The largest absolute Gasteiger partial charge is 0.507 e. The van der Waals surface area contributed by atoms with Gasteiger partial charge in [-0.3, -0.25) is 28.9 Å². The number of carbonyl (C=O) groups excluding carboxylic acids is 5. The molecule has 14 heteroatoms. The zero-order valence-corrected chi connectivity index (χ0v) is 24.3. The van der Waals surface area contributed by atoms with Gasteiger partial charge in [-0.15, -0.1) is 0 Å². The number of phenols is 1. The molecule has 0 bridgehead atoms. The zero-order valence-electron chi connectivity index (χ0n) is 24.3. The Balaban J connectivity index is 1.63. The Morgan fingerprint density at radius 1 is 1.02 bits per heavy atom. The van der Waals surface area contributed by atoms with Crippen molar-refractivity contribution in [1.29, 1.82) is 0 Å². The van der Waals surface area contributed by atoms with Gasteiger partial charge in [0.2, 0.25) is 5.91 Å². The Labute approximate surface area is 251 Å². The molecule has 2 unspecified atom stereocenters.